The van der Waals surface area contributed by atoms with Crippen molar-refractivity contribution in [3.8, 4) is 0 Å². The van der Waals surface area contributed by atoms with E-state index in [0.29, 0.717) is 51.5 Å². The molecule has 8 heteroatoms. The Morgan fingerprint density at radius 1 is 1.19 bits per heavy atom. The van der Waals surface area contributed by atoms with Crippen molar-refractivity contribution >= 4 is 11.8 Å². The zero-order valence-corrected chi connectivity index (χ0v) is 19.0. The molecule has 1 aromatic carbocycles. The summed E-state index contributed by atoms with van der Waals surface area (Å²) in [6, 6.07) is 9.67. The molecule has 4 heterocycles. The summed E-state index contributed by atoms with van der Waals surface area (Å²) in [5.41, 5.74) is 1.96. The molecule has 0 bridgehead atoms. The minimum absolute atomic E-state index is 0.00662. The average molecular weight is 438 g/mol. The van der Waals surface area contributed by atoms with E-state index in [1.54, 1.807) is 4.68 Å². The van der Waals surface area contributed by atoms with Crippen LogP contribution >= 0.6 is 0 Å². The number of nitrogens with zero attached hydrogens (tertiary/aromatic N) is 5. The second-order valence-electron chi connectivity index (χ2n) is 9.46. The summed E-state index contributed by atoms with van der Waals surface area (Å²) in [5, 5.41) is 4.50. The predicted molar refractivity (Wildman–Crippen MR) is 119 cm³/mol. The van der Waals surface area contributed by atoms with Gasteiger partial charge in [-0.25, -0.2) is 0 Å². The lowest BCUT2D eigenvalue weighted by atomic mass is 9.67. The standard InChI is InChI=1S/C24H31N5O3/c1-17(2)29-22(30)20-7-5-4-6-19(20)21(23(31)28-10-12-32-13-11-28)24(29)15-27(16-24)14-18-8-9-26(3)25-18/h4-9,17,21H,10-16H2,1-3H3. The van der Waals surface area contributed by atoms with E-state index >= 15 is 0 Å². The van der Waals surface area contributed by atoms with Crippen LogP contribution in [0, 0.1) is 0 Å². The lowest BCUT2D eigenvalue weighted by molar-refractivity contribution is -0.148. The molecule has 0 aliphatic carbocycles. The van der Waals surface area contributed by atoms with Crippen LogP contribution in [0.3, 0.4) is 0 Å². The number of likely N-dealkylation sites (tertiary alicyclic amines) is 1. The monoisotopic (exact) mass is 437 g/mol. The summed E-state index contributed by atoms with van der Waals surface area (Å²) in [4.78, 5) is 33.8. The molecule has 2 fully saturated rings. The molecule has 32 heavy (non-hydrogen) atoms. The topological polar surface area (TPSA) is 70.9 Å². The van der Waals surface area contributed by atoms with E-state index in [1.807, 2.05) is 67.2 Å². The van der Waals surface area contributed by atoms with Gasteiger partial charge in [-0.05, 0) is 31.5 Å². The number of hydrogen-bond acceptors (Lipinski definition) is 5. The van der Waals surface area contributed by atoms with Crippen molar-refractivity contribution < 1.29 is 14.3 Å². The van der Waals surface area contributed by atoms with Crippen LogP contribution in [0.4, 0.5) is 0 Å². The molecular weight excluding hydrogens is 406 g/mol. The Bertz CT molecular complexity index is 1020. The summed E-state index contributed by atoms with van der Waals surface area (Å²) in [7, 11) is 1.91. The van der Waals surface area contributed by atoms with E-state index in [0.717, 1.165) is 11.3 Å². The maximum atomic E-state index is 14.0. The quantitative estimate of drug-likeness (QED) is 0.725. The van der Waals surface area contributed by atoms with Crippen LogP contribution in [0.1, 0.15) is 41.4 Å². The first-order chi connectivity index (χ1) is 15.4. The first-order valence-corrected chi connectivity index (χ1v) is 11.4. The van der Waals surface area contributed by atoms with Crippen LogP contribution in [-0.4, -0.2) is 87.3 Å². The average Bonchev–Trinajstić information content (AvgIpc) is 3.17. The number of morpholine rings is 1. The zero-order chi connectivity index (χ0) is 22.5. The third-order valence-corrected chi connectivity index (χ3v) is 6.97. The van der Waals surface area contributed by atoms with Gasteiger partial charge >= 0.3 is 0 Å². The van der Waals surface area contributed by atoms with Crippen LogP contribution < -0.4 is 0 Å². The van der Waals surface area contributed by atoms with Gasteiger partial charge in [0.2, 0.25) is 5.91 Å². The van der Waals surface area contributed by atoms with E-state index in [4.69, 9.17) is 4.74 Å². The van der Waals surface area contributed by atoms with E-state index < -0.39 is 5.54 Å². The zero-order valence-electron chi connectivity index (χ0n) is 19.0. The van der Waals surface area contributed by atoms with Gasteiger partial charge in [0, 0.05) is 57.6 Å². The van der Waals surface area contributed by atoms with E-state index in [2.05, 4.69) is 10.00 Å². The highest BCUT2D eigenvalue weighted by atomic mass is 16.5. The summed E-state index contributed by atoms with van der Waals surface area (Å²) in [6.07, 6.45) is 1.94. The maximum Gasteiger partial charge on any atom is 0.254 e. The Morgan fingerprint density at radius 3 is 2.56 bits per heavy atom. The Balaban J connectivity index is 1.53. The molecule has 170 valence electrons. The van der Waals surface area contributed by atoms with Crippen LogP contribution in [0.2, 0.25) is 0 Å². The van der Waals surface area contributed by atoms with Gasteiger partial charge in [0.15, 0.2) is 0 Å². The van der Waals surface area contributed by atoms with Gasteiger partial charge in [-0.2, -0.15) is 5.10 Å². The van der Waals surface area contributed by atoms with Gasteiger partial charge in [0.1, 0.15) is 0 Å². The lowest BCUT2D eigenvalue weighted by Gasteiger charge is -2.62. The predicted octanol–water partition coefficient (Wildman–Crippen LogP) is 1.48. The minimum Gasteiger partial charge on any atom is -0.378 e. The van der Waals surface area contributed by atoms with Crippen molar-refractivity contribution in [1.29, 1.82) is 0 Å². The third kappa shape index (κ3) is 3.33. The molecule has 3 aliphatic heterocycles. The molecule has 0 saturated carbocycles. The SMILES string of the molecule is CC(C)N1C(=O)c2ccccc2C(C(=O)N2CCOCC2)C12CN(Cc1ccn(C)n1)C2. The molecule has 3 aliphatic rings. The fourth-order valence-electron chi connectivity index (χ4n) is 5.73. The van der Waals surface area contributed by atoms with Crippen molar-refractivity contribution in [2.24, 2.45) is 7.05 Å². The molecule has 1 aromatic heterocycles. The second kappa shape index (κ2) is 8.01. The van der Waals surface area contributed by atoms with Crippen molar-refractivity contribution in [3.05, 3.63) is 53.3 Å². The molecule has 5 rings (SSSR count). The summed E-state index contributed by atoms with van der Waals surface area (Å²) < 4.78 is 7.29. The summed E-state index contributed by atoms with van der Waals surface area (Å²) in [5.74, 6) is -0.243. The van der Waals surface area contributed by atoms with Crippen LogP contribution in [-0.2, 0) is 23.1 Å². The number of carbonyl (C=O) groups is 2. The van der Waals surface area contributed by atoms with Crippen LogP contribution in [0.15, 0.2) is 36.5 Å². The Hall–Kier alpha value is -2.71. The highest BCUT2D eigenvalue weighted by molar-refractivity contribution is 6.02. The minimum atomic E-state index is -0.552. The fourth-order valence-corrected chi connectivity index (χ4v) is 5.73. The normalized spacial score (nSPS) is 22.9. The van der Waals surface area contributed by atoms with Gasteiger partial charge in [0.05, 0.1) is 30.4 Å². The molecule has 1 unspecified atom stereocenters. The molecule has 1 spiro atoms. The van der Waals surface area contributed by atoms with E-state index in [-0.39, 0.29) is 23.8 Å². The molecule has 0 radical (unpaired) electrons. The molecule has 2 amide bonds. The Morgan fingerprint density at radius 2 is 1.91 bits per heavy atom. The number of rotatable bonds is 4. The number of amides is 2. The number of aromatic nitrogens is 2. The highest BCUT2D eigenvalue weighted by Crippen LogP contribution is 2.48. The van der Waals surface area contributed by atoms with Gasteiger partial charge < -0.3 is 14.5 Å². The second-order valence-corrected chi connectivity index (χ2v) is 9.46. The van der Waals surface area contributed by atoms with Crippen molar-refractivity contribution in [2.75, 3.05) is 39.4 Å². The van der Waals surface area contributed by atoms with Crippen molar-refractivity contribution in [1.82, 2.24) is 24.5 Å². The Kier molecular flexibility index (Phi) is 5.29. The van der Waals surface area contributed by atoms with Gasteiger partial charge in [-0.3, -0.25) is 19.2 Å². The maximum absolute atomic E-state index is 14.0. The van der Waals surface area contributed by atoms with Gasteiger partial charge in [0.25, 0.3) is 5.91 Å². The number of fused-ring (bicyclic) bond motifs is 1. The highest BCUT2D eigenvalue weighted by Gasteiger charge is 2.61. The first kappa shape index (κ1) is 21.2. The number of hydrogen-bond donors (Lipinski definition) is 0. The largest absolute Gasteiger partial charge is 0.378 e. The fraction of sp³-hybridized carbons (Fsp3) is 0.542. The number of benzene rings is 1. The van der Waals surface area contributed by atoms with E-state index in [1.165, 1.54) is 0 Å². The van der Waals surface area contributed by atoms with Crippen molar-refractivity contribution in [3.63, 3.8) is 0 Å². The van der Waals surface area contributed by atoms with Crippen molar-refractivity contribution in [2.45, 2.75) is 37.9 Å². The van der Waals surface area contributed by atoms with E-state index in [9.17, 15) is 9.59 Å². The molecule has 0 N–H and O–H groups in total. The summed E-state index contributed by atoms with van der Waals surface area (Å²) >= 11 is 0. The third-order valence-electron chi connectivity index (χ3n) is 6.97. The lowest BCUT2D eigenvalue weighted by Crippen LogP contribution is -2.77. The molecule has 2 saturated heterocycles. The molecule has 1 atom stereocenters. The van der Waals surface area contributed by atoms with Gasteiger partial charge in [-0.15, -0.1) is 0 Å². The van der Waals surface area contributed by atoms with Crippen LogP contribution in [0.25, 0.3) is 0 Å². The molecule has 8 nitrogen and oxygen atoms in total. The number of ether oxygens (including phenoxy) is 1. The van der Waals surface area contributed by atoms with Gasteiger partial charge in [-0.1, -0.05) is 18.2 Å². The molecular formula is C24H31N5O3. The smallest absolute Gasteiger partial charge is 0.254 e. The Labute approximate surface area is 188 Å². The number of aryl methyl sites for hydroxylation is 1. The summed E-state index contributed by atoms with van der Waals surface area (Å²) in [6.45, 7) is 8.43. The van der Waals surface area contributed by atoms with Crippen LogP contribution in [0.5, 0.6) is 0 Å². The molecule has 2 aromatic rings. The first-order valence-electron chi connectivity index (χ1n) is 11.4. The number of carbonyl (C=O) groups excluding carboxylic acids is 2.